The van der Waals surface area contributed by atoms with Crippen LogP contribution in [0.25, 0.3) is 0 Å². The van der Waals surface area contributed by atoms with Gasteiger partial charge in [-0.3, -0.25) is 9.78 Å². The van der Waals surface area contributed by atoms with E-state index >= 15 is 0 Å². The van der Waals surface area contributed by atoms with Crippen LogP contribution in [0.4, 0.5) is 5.13 Å². The maximum Gasteiger partial charge on any atom is 0.283 e. The largest absolute Gasteiger partial charge is 0.375 e. The van der Waals surface area contributed by atoms with Crippen molar-refractivity contribution in [2.24, 2.45) is 5.10 Å². The Morgan fingerprint density at radius 1 is 1.58 bits per heavy atom. The van der Waals surface area contributed by atoms with E-state index < -0.39 is 0 Å². The van der Waals surface area contributed by atoms with Crippen LogP contribution in [0.3, 0.4) is 0 Å². The number of hydrogen-bond donors (Lipinski definition) is 2. The molecule has 3 N–H and O–H groups in total. The van der Waals surface area contributed by atoms with Gasteiger partial charge in [-0.1, -0.05) is 24.3 Å². The molecule has 2 heterocycles. The third-order valence-corrected chi connectivity index (χ3v) is 3.23. The molecule has 0 radical (unpaired) electrons. The van der Waals surface area contributed by atoms with Crippen LogP contribution in [0.1, 0.15) is 28.0 Å². The summed E-state index contributed by atoms with van der Waals surface area (Å²) in [5.74, 6) is -0.307. The lowest BCUT2D eigenvalue weighted by molar-refractivity contribution is 0.0958. The second-order valence-electron chi connectivity index (χ2n) is 3.64. The zero-order valence-electron chi connectivity index (χ0n) is 10.3. The summed E-state index contributed by atoms with van der Waals surface area (Å²) in [5.41, 5.74) is 9.39. The molecule has 1 amide bonds. The van der Waals surface area contributed by atoms with Crippen LogP contribution < -0.4 is 11.2 Å². The summed E-state index contributed by atoms with van der Waals surface area (Å²) >= 11 is 1.16. The Morgan fingerprint density at radius 3 is 3.11 bits per heavy atom. The van der Waals surface area contributed by atoms with Gasteiger partial charge in [-0.15, -0.1) is 0 Å². The molecule has 0 bridgehead atoms. The number of nitrogens with one attached hydrogen (secondary N) is 1. The number of nitrogens with zero attached hydrogens (tertiary/aromatic N) is 3. The van der Waals surface area contributed by atoms with Crippen LogP contribution in [0.5, 0.6) is 0 Å². The summed E-state index contributed by atoms with van der Waals surface area (Å²) in [4.78, 5) is 20.5. The number of carbonyl (C=O) groups is 1. The Bertz CT molecular complexity index is 593. The highest BCUT2D eigenvalue weighted by Crippen LogP contribution is 2.20. The van der Waals surface area contributed by atoms with Crippen molar-refractivity contribution < 1.29 is 4.79 Å². The number of thiazole rings is 1. The minimum Gasteiger partial charge on any atom is -0.375 e. The number of anilines is 1. The third-order valence-electron chi connectivity index (χ3n) is 2.31. The van der Waals surface area contributed by atoms with Crippen molar-refractivity contribution in [3.8, 4) is 0 Å². The molecular formula is C12H13N5OS. The first-order valence-corrected chi connectivity index (χ1v) is 6.52. The Hall–Kier alpha value is -2.28. The summed E-state index contributed by atoms with van der Waals surface area (Å²) < 4.78 is 0. The highest BCUT2D eigenvalue weighted by atomic mass is 32.1. The SMILES string of the molecule is CCc1nc(N)sc1C(=O)N/N=C\c1ccccn1. The maximum atomic E-state index is 11.9. The summed E-state index contributed by atoms with van der Waals surface area (Å²) in [5, 5.41) is 4.24. The van der Waals surface area contributed by atoms with Crippen LogP contribution in [0.2, 0.25) is 0 Å². The lowest BCUT2D eigenvalue weighted by Gasteiger charge is -1.97. The third kappa shape index (κ3) is 3.35. The van der Waals surface area contributed by atoms with Gasteiger partial charge in [0.25, 0.3) is 5.91 Å². The minimum absolute atomic E-state index is 0.307. The van der Waals surface area contributed by atoms with Gasteiger partial charge in [-0.25, -0.2) is 10.4 Å². The molecule has 0 saturated carbocycles. The molecule has 2 rings (SSSR count). The van der Waals surface area contributed by atoms with Gasteiger partial charge in [0.15, 0.2) is 5.13 Å². The maximum absolute atomic E-state index is 11.9. The number of hydrogen-bond acceptors (Lipinski definition) is 6. The number of amides is 1. The molecular weight excluding hydrogens is 262 g/mol. The van der Waals surface area contributed by atoms with Gasteiger partial charge < -0.3 is 5.73 Å². The van der Waals surface area contributed by atoms with Gasteiger partial charge in [0.05, 0.1) is 17.6 Å². The first kappa shape index (κ1) is 13.2. The van der Waals surface area contributed by atoms with Crippen molar-refractivity contribution in [2.45, 2.75) is 13.3 Å². The summed E-state index contributed by atoms with van der Waals surface area (Å²) in [6, 6.07) is 5.44. The fourth-order valence-corrected chi connectivity index (χ4v) is 2.26. The lowest BCUT2D eigenvalue weighted by Crippen LogP contribution is -2.17. The molecule has 6 nitrogen and oxygen atoms in total. The number of rotatable bonds is 4. The molecule has 0 unspecified atom stereocenters. The van der Waals surface area contributed by atoms with Gasteiger partial charge in [-0.05, 0) is 18.6 Å². The summed E-state index contributed by atoms with van der Waals surface area (Å²) in [6.07, 6.45) is 3.79. The highest BCUT2D eigenvalue weighted by molar-refractivity contribution is 7.17. The average Bonchev–Trinajstić information content (AvgIpc) is 2.81. The molecule has 0 spiro atoms. The van der Waals surface area contributed by atoms with Crippen molar-refractivity contribution in [3.05, 3.63) is 40.7 Å². The van der Waals surface area contributed by atoms with E-state index in [0.29, 0.717) is 27.8 Å². The molecule has 2 aromatic heterocycles. The average molecular weight is 275 g/mol. The van der Waals surface area contributed by atoms with Crippen LogP contribution in [-0.4, -0.2) is 22.1 Å². The minimum atomic E-state index is -0.307. The van der Waals surface area contributed by atoms with Crippen molar-refractivity contribution in [1.82, 2.24) is 15.4 Å². The van der Waals surface area contributed by atoms with E-state index in [-0.39, 0.29) is 5.91 Å². The molecule has 0 aliphatic carbocycles. The lowest BCUT2D eigenvalue weighted by atomic mass is 10.3. The number of aryl methyl sites for hydroxylation is 1. The molecule has 0 fully saturated rings. The van der Waals surface area contributed by atoms with Gasteiger partial charge >= 0.3 is 0 Å². The van der Waals surface area contributed by atoms with E-state index in [1.54, 1.807) is 12.3 Å². The van der Waals surface area contributed by atoms with Crippen LogP contribution in [0, 0.1) is 0 Å². The molecule has 2 aromatic rings. The van der Waals surface area contributed by atoms with E-state index in [2.05, 4.69) is 20.5 Å². The Balaban J connectivity index is 2.03. The highest BCUT2D eigenvalue weighted by Gasteiger charge is 2.15. The van der Waals surface area contributed by atoms with E-state index in [0.717, 1.165) is 11.3 Å². The summed E-state index contributed by atoms with van der Waals surface area (Å²) in [6.45, 7) is 1.92. The summed E-state index contributed by atoms with van der Waals surface area (Å²) in [7, 11) is 0. The van der Waals surface area contributed by atoms with Crippen LogP contribution in [-0.2, 0) is 6.42 Å². The van der Waals surface area contributed by atoms with Gasteiger partial charge in [0.2, 0.25) is 0 Å². The second kappa shape index (κ2) is 6.05. The predicted molar refractivity (Wildman–Crippen MR) is 75.2 cm³/mol. The second-order valence-corrected chi connectivity index (χ2v) is 4.67. The van der Waals surface area contributed by atoms with Gasteiger partial charge in [-0.2, -0.15) is 5.10 Å². The molecule has 98 valence electrons. The first-order valence-electron chi connectivity index (χ1n) is 5.70. The van der Waals surface area contributed by atoms with Crippen LogP contribution in [0.15, 0.2) is 29.5 Å². The Labute approximate surface area is 114 Å². The normalized spacial score (nSPS) is 10.8. The van der Waals surface area contributed by atoms with E-state index in [1.807, 2.05) is 19.1 Å². The zero-order valence-corrected chi connectivity index (χ0v) is 11.1. The number of aromatic nitrogens is 2. The smallest absolute Gasteiger partial charge is 0.283 e. The van der Waals surface area contributed by atoms with E-state index in [4.69, 9.17) is 5.73 Å². The van der Waals surface area contributed by atoms with Gasteiger partial charge in [0, 0.05) is 6.20 Å². The quantitative estimate of drug-likeness (QED) is 0.652. The number of carbonyl (C=O) groups excluding carboxylic acids is 1. The van der Waals surface area contributed by atoms with Crippen molar-refractivity contribution in [3.63, 3.8) is 0 Å². The molecule has 19 heavy (non-hydrogen) atoms. The number of nitrogen functional groups attached to an aromatic ring is 1. The zero-order chi connectivity index (χ0) is 13.7. The predicted octanol–water partition coefficient (Wildman–Crippen LogP) is 1.45. The Morgan fingerprint density at radius 2 is 2.42 bits per heavy atom. The van der Waals surface area contributed by atoms with E-state index in [9.17, 15) is 4.79 Å². The van der Waals surface area contributed by atoms with Crippen molar-refractivity contribution >= 4 is 28.6 Å². The Kier molecular flexibility index (Phi) is 4.19. The monoisotopic (exact) mass is 275 g/mol. The molecule has 7 heteroatoms. The fraction of sp³-hybridized carbons (Fsp3) is 0.167. The number of nitrogens with two attached hydrogens (primary N) is 1. The fourth-order valence-electron chi connectivity index (χ4n) is 1.45. The first-order chi connectivity index (χ1) is 9.20. The molecule has 0 aliphatic rings. The van der Waals surface area contributed by atoms with Crippen LogP contribution >= 0.6 is 11.3 Å². The van der Waals surface area contributed by atoms with Crippen molar-refractivity contribution in [1.29, 1.82) is 0 Å². The molecule has 0 atom stereocenters. The molecule has 0 aliphatic heterocycles. The van der Waals surface area contributed by atoms with Gasteiger partial charge in [0.1, 0.15) is 4.88 Å². The topological polar surface area (TPSA) is 93.3 Å². The van der Waals surface area contributed by atoms with E-state index in [1.165, 1.54) is 6.21 Å². The number of hydrazone groups is 1. The van der Waals surface area contributed by atoms with Crippen molar-refractivity contribution in [2.75, 3.05) is 5.73 Å². The standard InChI is InChI=1S/C12H13N5OS/c1-2-9-10(19-12(13)16-9)11(18)17-15-7-8-5-3-4-6-14-8/h3-7H,2H2,1H3,(H2,13,16)(H,17,18)/b15-7-. The molecule has 0 saturated heterocycles. The molecule has 0 aromatic carbocycles. The number of pyridine rings is 1.